The number of hydrogen-bond donors (Lipinski definition) is 2. The van der Waals surface area contributed by atoms with Crippen LogP contribution in [-0.4, -0.2) is 51.9 Å². The van der Waals surface area contributed by atoms with Crippen molar-refractivity contribution in [2.45, 2.75) is 32.4 Å². The standard InChI is InChI=1S/C19H24FN5O2/c1-2-17-22-9-11-24(17)10-7-18(26)25-12-8-21-13-16(25)19(27)23-15-5-3-14(20)4-6-15/h3-6,9,11,16,21H,2,7-8,10,12-13H2,1H3,(H,23,27). The molecule has 1 aromatic heterocycles. The molecule has 1 atom stereocenters. The maximum absolute atomic E-state index is 13.0. The van der Waals surface area contributed by atoms with Crippen LogP contribution in [0.5, 0.6) is 0 Å². The molecule has 0 saturated carbocycles. The van der Waals surface area contributed by atoms with Crippen molar-refractivity contribution in [1.82, 2.24) is 19.8 Å². The van der Waals surface area contributed by atoms with Crippen LogP contribution in [0.15, 0.2) is 36.7 Å². The first-order valence-corrected chi connectivity index (χ1v) is 9.15. The smallest absolute Gasteiger partial charge is 0.248 e. The molecular weight excluding hydrogens is 349 g/mol. The van der Waals surface area contributed by atoms with E-state index in [9.17, 15) is 14.0 Å². The second-order valence-electron chi connectivity index (χ2n) is 6.44. The van der Waals surface area contributed by atoms with Gasteiger partial charge in [0.2, 0.25) is 11.8 Å². The summed E-state index contributed by atoms with van der Waals surface area (Å²) >= 11 is 0. The first-order chi connectivity index (χ1) is 13.1. The Balaban J connectivity index is 1.62. The number of nitrogens with zero attached hydrogens (tertiary/aromatic N) is 3. The first kappa shape index (κ1) is 19.0. The van der Waals surface area contributed by atoms with E-state index in [1.165, 1.54) is 24.3 Å². The number of benzene rings is 1. The molecule has 1 aliphatic heterocycles. The van der Waals surface area contributed by atoms with Gasteiger partial charge in [-0.25, -0.2) is 9.37 Å². The molecule has 0 aliphatic carbocycles. The van der Waals surface area contributed by atoms with E-state index in [-0.39, 0.29) is 17.6 Å². The largest absolute Gasteiger partial charge is 0.334 e. The third-order valence-electron chi connectivity index (χ3n) is 4.66. The molecule has 1 aliphatic rings. The molecule has 7 nitrogen and oxygen atoms in total. The summed E-state index contributed by atoms with van der Waals surface area (Å²) in [7, 11) is 0. The lowest BCUT2D eigenvalue weighted by Crippen LogP contribution is -2.58. The second-order valence-corrected chi connectivity index (χ2v) is 6.44. The number of rotatable bonds is 6. The van der Waals surface area contributed by atoms with Crippen LogP contribution in [0.25, 0.3) is 0 Å². The number of hydrogen-bond acceptors (Lipinski definition) is 4. The van der Waals surface area contributed by atoms with Gasteiger partial charge in [-0.15, -0.1) is 0 Å². The Labute approximate surface area is 157 Å². The van der Waals surface area contributed by atoms with Crippen molar-refractivity contribution in [1.29, 1.82) is 0 Å². The molecule has 1 unspecified atom stereocenters. The van der Waals surface area contributed by atoms with Crippen molar-refractivity contribution in [3.63, 3.8) is 0 Å². The number of halogens is 1. The predicted octanol–water partition coefficient (Wildman–Crippen LogP) is 1.41. The summed E-state index contributed by atoms with van der Waals surface area (Å²) in [6.07, 6.45) is 4.71. The van der Waals surface area contributed by atoms with Crippen LogP contribution in [0.4, 0.5) is 10.1 Å². The fraction of sp³-hybridized carbons (Fsp3) is 0.421. The van der Waals surface area contributed by atoms with Crippen molar-refractivity contribution < 1.29 is 14.0 Å². The Kier molecular flexibility index (Phi) is 6.18. The van der Waals surface area contributed by atoms with Gasteiger partial charge in [0.25, 0.3) is 0 Å². The molecule has 2 N–H and O–H groups in total. The SMILES string of the molecule is CCc1nccn1CCC(=O)N1CCNCC1C(=O)Nc1ccc(F)cc1. The van der Waals surface area contributed by atoms with Crippen molar-refractivity contribution in [3.05, 3.63) is 48.3 Å². The molecule has 0 spiro atoms. The topological polar surface area (TPSA) is 79.3 Å². The molecule has 1 saturated heterocycles. The molecule has 0 bridgehead atoms. The molecule has 0 radical (unpaired) electrons. The van der Waals surface area contributed by atoms with E-state index >= 15 is 0 Å². The minimum Gasteiger partial charge on any atom is -0.334 e. The highest BCUT2D eigenvalue weighted by atomic mass is 19.1. The molecule has 27 heavy (non-hydrogen) atoms. The zero-order chi connectivity index (χ0) is 19.2. The lowest BCUT2D eigenvalue weighted by molar-refractivity contribution is -0.139. The Morgan fingerprint density at radius 2 is 2.11 bits per heavy atom. The number of piperazine rings is 1. The number of aryl methyl sites for hydroxylation is 2. The zero-order valence-corrected chi connectivity index (χ0v) is 15.3. The average molecular weight is 373 g/mol. The summed E-state index contributed by atoms with van der Waals surface area (Å²) in [6.45, 7) is 4.08. The molecular formula is C19H24FN5O2. The highest BCUT2D eigenvalue weighted by molar-refractivity contribution is 5.97. The van der Waals surface area contributed by atoms with E-state index in [1.807, 2.05) is 17.7 Å². The number of aromatic nitrogens is 2. The van der Waals surface area contributed by atoms with Crippen LogP contribution in [0.2, 0.25) is 0 Å². The summed E-state index contributed by atoms with van der Waals surface area (Å²) in [4.78, 5) is 31.3. The van der Waals surface area contributed by atoms with E-state index in [0.717, 1.165) is 12.2 Å². The fourth-order valence-electron chi connectivity index (χ4n) is 3.21. The van der Waals surface area contributed by atoms with E-state index < -0.39 is 6.04 Å². The Morgan fingerprint density at radius 1 is 1.33 bits per heavy atom. The summed E-state index contributed by atoms with van der Waals surface area (Å²) in [5, 5.41) is 5.91. The quantitative estimate of drug-likeness (QED) is 0.803. The van der Waals surface area contributed by atoms with Gasteiger partial charge >= 0.3 is 0 Å². The second kappa shape index (κ2) is 8.77. The van der Waals surface area contributed by atoms with Crippen molar-refractivity contribution in [3.8, 4) is 0 Å². The highest BCUT2D eigenvalue weighted by Gasteiger charge is 2.31. The van der Waals surface area contributed by atoms with Gasteiger partial charge in [0.1, 0.15) is 17.7 Å². The van der Waals surface area contributed by atoms with Gasteiger partial charge in [0, 0.05) is 57.1 Å². The normalized spacial score (nSPS) is 17.0. The summed E-state index contributed by atoms with van der Waals surface area (Å²) < 4.78 is 15.0. The third kappa shape index (κ3) is 4.71. The first-order valence-electron chi connectivity index (χ1n) is 9.15. The fourth-order valence-corrected chi connectivity index (χ4v) is 3.21. The maximum Gasteiger partial charge on any atom is 0.248 e. The van der Waals surface area contributed by atoms with Crippen LogP contribution in [0, 0.1) is 5.82 Å². The minimum atomic E-state index is -0.593. The van der Waals surface area contributed by atoms with Gasteiger partial charge < -0.3 is 20.1 Å². The third-order valence-corrected chi connectivity index (χ3v) is 4.66. The Bertz CT molecular complexity index is 790. The molecule has 2 aromatic rings. The van der Waals surface area contributed by atoms with Crippen molar-refractivity contribution in [2.75, 3.05) is 25.0 Å². The van der Waals surface area contributed by atoms with Crippen LogP contribution in [0.3, 0.4) is 0 Å². The van der Waals surface area contributed by atoms with Crippen molar-refractivity contribution in [2.24, 2.45) is 0 Å². The van der Waals surface area contributed by atoms with E-state index in [2.05, 4.69) is 15.6 Å². The molecule has 3 rings (SSSR count). The van der Waals surface area contributed by atoms with Gasteiger partial charge in [0.05, 0.1) is 0 Å². The number of anilines is 1. The number of carbonyl (C=O) groups excluding carboxylic acids is 2. The van der Waals surface area contributed by atoms with E-state index in [1.54, 1.807) is 11.1 Å². The lowest BCUT2D eigenvalue weighted by atomic mass is 10.1. The van der Waals surface area contributed by atoms with Gasteiger partial charge in [-0.1, -0.05) is 6.92 Å². The highest BCUT2D eigenvalue weighted by Crippen LogP contribution is 2.13. The van der Waals surface area contributed by atoms with Crippen LogP contribution in [0.1, 0.15) is 19.2 Å². The number of amides is 2. The van der Waals surface area contributed by atoms with Crippen LogP contribution in [-0.2, 0) is 22.6 Å². The van der Waals surface area contributed by atoms with Gasteiger partial charge in [-0.05, 0) is 24.3 Å². The summed E-state index contributed by atoms with van der Waals surface area (Å²) in [5.74, 6) is 0.231. The number of nitrogens with one attached hydrogen (secondary N) is 2. The van der Waals surface area contributed by atoms with Gasteiger partial charge in [0.15, 0.2) is 0 Å². The molecule has 2 amide bonds. The van der Waals surface area contributed by atoms with Crippen molar-refractivity contribution >= 4 is 17.5 Å². The van der Waals surface area contributed by atoms with Gasteiger partial charge in [-0.2, -0.15) is 0 Å². The van der Waals surface area contributed by atoms with Crippen LogP contribution >= 0.6 is 0 Å². The molecule has 144 valence electrons. The lowest BCUT2D eigenvalue weighted by Gasteiger charge is -2.35. The molecule has 8 heteroatoms. The molecule has 1 fully saturated rings. The van der Waals surface area contributed by atoms with E-state index in [0.29, 0.717) is 38.3 Å². The Hall–Kier alpha value is -2.74. The average Bonchev–Trinajstić information content (AvgIpc) is 3.15. The summed E-state index contributed by atoms with van der Waals surface area (Å²) in [6, 6.07) is 4.98. The maximum atomic E-state index is 13.0. The van der Waals surface area contributed by atoms with Crippen LogP contribution < -0.4 is 10.6 Å². The summed E-state index contributed by atoms with van der Waals surface area (Å²) in [5.41, 5.74) is 0.505. The monoisotopic (exact) mass is 373 g/mol. The molecule has 1 aromatic carbocycles. The predicted molar refractivity (Wildman–Crippen MR) is 99.6 cm³/mol. The van der Waals surface area contributed by atoms with E-state index in [4.69, 9.17) is 0 Å². The zero-order valence-electron chi connectivity index (χ0n) is 15.3. The molecule has 2 heterocycles. The van der Waals surface area contributed by atoms with Gasteiger partial charge in [-0.3, -0.25) is 9.59 Å². The minimum absolute atomic E-state index is 0.0634. The Morgan fingerprint density at radius 3 is 2.85 bits per heavy atom. The number of imidazole rings is 1. The number of carbonyl (C=O) groups is 2.